The molecule has 1 heterocycles. The third-order valence-electron chi connectivity index (χ3n) is 1.99. The summed E-state index contributed by atoms with van der Waals surface area (Å²) < 4.78 is 4.66. The molecule has 0 aromatic heterocycles. The van der Waals surface area contributed by atoms with Crippen LogP contribution in [0, 0.1) is 0 Å². The first-order chi connectivity index (χ1) is 5.29. The van der Waals surface area contributed by atoms with Crippen molar-refractivity contribution in [3.8, 4) is 0 Å². The lowest BCUT2D eigenvalue weighted by atomic mass is 10.2. The van der Waals surface area contributed by atoms with E-state index in [2.05, 4.69) is 25.6 Å². The highest BCUT2D eigenvalue weighted by Crippen LogP contribution is 2.18. The van der Waals surface area contributed by atoms with E-state index in [0.717, 1.165) is 24.8 Å². The van der Waals surface area contributed by atoms with Gasteiger partial charge in [0.15, 0.2) is 0 Å². The number of esters is 1. The number of hydrogen-bond donors (Lipinski definition) is 0. The lowest BCUT2D eigenvalue weighted by molar-refractivity contribution is -0.145. The zero-order valence-electron chi connectivity index (χ0n) is 6.55. The minimum absolute atomic E-state index is 0.0145. The molecule has 0 aromatic rings. The van der Waals surface area contributed by atoms with E-state index in [1.165, 1.54) is 7.11 Å². The zero-order chi connectivity index (χ0) is 8.27. The maximum Gasteiger partial charge on any atom is 0.323 e. The second-order valence-electron chi connectivity index (χ2n) is 2.61. The Balaban J connectivity index is 2.49. The van der Waals surface area contributed by atoms with E-state index in [9.17, 15) is 4.79 Å². The van der Waals surface area contributed by atoms with Crippen molar-refractivity contribution in [3.05, 3.63) is 0 Å². The average Bonchev–Trinajstić information content (AvgIpc) is 2.50. The normalized spacial score (nSPS) is 25.5. The van der Waals surface area contributed by atoms with Crippen molar-refractivity contribution >= 4 is 21.9 Å². The Kier molecular flexibility index (Phi) is 3.33. The molecule has 0 amide bonds. The summed E-state index contributed by atoms with van der Waals surface area (Å²) in [6.45, 7) is 0.991. The zero-order valence-corrected chi connectivity index (χ0v) is 8.13. The van der Waals surface area contributed by atoms with Crippen molar-refractivity contribution < 1.29 is 9.53 Å². The van der Waals surface area contributed by atoms with Gasteiger partial charge in [0.1, 0.15) is 6.04 Å². The molecule has 3 nitrogen and oxygen atoms in total. The van der Waals surface area contributed by atoms with Gasteiger partial charge in [-0.3, -0.25) is 9.69 Å². The Morgan fingerprint density at radius 1 is 1.82 bits per heavy atom. The van der Waals surface area contributed by atoms with Gasteiger partial charge in [-0.2, -0.15) is 0 Å². The third-order valence-corrected chi connectivity index (χ3v) is 2.63. The van der Waals surface area contributed by atoms with Crippen LogP contribution in [0.5, 0.6) is 0 Å². The standard InChI is InChI=1S/C7H12BrNO2/c1-11-7(10)6-3-2-4-9(6)5-8/h6H,2-5H2,1H3. The molecule has 0 bridgehead atoms. The van der Waals surface area contributed by atoms with Gasteiger partial charge in [-0.15, -0.1) is 0 Å². The SMILES string of the molecule is COC(=O)C1CCCN1CBr. The van der Waals surface area contributed by atoms with E-state index in [-0.39, 0.29) is 12.0 Å². The summed E-state index contributed by atoms with van der Waals surface area (Å²) >= 11 is 3.33. The van der Waals surface area contributed by atoms with Crippen LogP contribution in [0.4, 0.5) is 0 Å². The minimum Gasteiger partial charge on any atom is -0.468 e. The van der Waals surface area contributed by atoms with E-state index < -0.39 is 0 Å². The highest BCUT2D eigenvalue weighted by Gasteiger charge is 2.30. The van der Waals surface area contributed by atoms with E-state index in [1.54, 1.807) is 0 Å². The fourth-order valence-electron chi connectivity index (χ4n) is 1.37. The Labute approximate surface area is 74.8 Å². The number of ether oxygens (including phenoxy) is 1. The molecule has 11 heavy (non-hydrogen) atoms. The summed E-state index contributed by atoms with van der Waals surface area (Å²) in [6, 6.07) is -0.0145. The molecule has 0 spiro atoms. The predicted molar refractivity (Wildman–Crippen MR) is 45.5 cm³/mol. The molecule has 0 N–H and O–H groups in total. The lowest BCUT2D eigenvalue weighted by Crippen LogP contribution is -2.35. The molecule has 1 rings (SSSR count). The number of hydrogen-bond acceptors (Lipinski definition) is 3. The van der Waals surface area contributed by atoms with Crippen LogP contribution in [0.3, 0.4) is 0 Å². The number of rotatable bonds is 2. The molecule has 4 heteroatoms. The molecular formula is C7H12BrNO2. The van der Waals surface area contributed by atoms with Crippen LogP contribution in [-0.4, -0.2) is 36.0 Å². The van der Waals surface area contributed by atoms with Gasteiger partial charge in [0.25, 0.3) is 0 Å². The number of methoxy groups -OCH3 is 1. The van der Waals surface area contributed by atoms with Crippen molar-refractivity contribution in [2.24, 2.45) is 0 Å². The van der Waals surface area contributed by atoms with Gasteiger partial charge >= 0.3 is 5.97 Å². The average molecular weight is 222 g/mol. The number of nitrogens with zero attached hydrogens (tertiary/aromatic N) is 1. The van der Waals surface area contributed by atoms with Crippen molar-refractivity contribution in [2.45, 2.75) is 18.9 Å². The fraction of sp³-hybridized carbons (Fsp3) is 0.857. The monoisotopic (exact) mass is 221 g/mol. The second kappa shape index (κ2) is 4.07. The fourth-order valence-corrected chi connectivity index (χ4v) is 1.97. The van der Waals surface area contributed by atoms with Crippen LogP contribution in [0.25, 0.3) is 0 Å². The second-order valence-corrected chi connectivity index (χ2v) is 3.11. The molecule has 1 aliphatic heterocycles. The summed E-state index contributed by atoms with van der Waals surface area (Å²) in [5, 5.41) is 0. The summed E-state index contributed by atoms with van der Waals surface area (Å²) in [5.74, 6) is -0.109. The first-order valence-corrected chi connectivity index (χ1v) is 4.79. The highest BCUT2D eigenvalue weighted by molar-refractivity contribution is 9.09. The number of carbonyl (C=O) groups excluding carboxylic acids is 1. The molecule has 0 aromatic carbocycles. The Hall–Kier alpha value is -0.0900. The van der Waals surface area contributed by atoms with Gasteiger partial charge in [0, 0.05) is 0 Å². The lowest BCUT2D eigenvalue weighted by Gasteiger charge is -2.18. The topological polar surface area (TPSA) is 29.5 Å². The Morgan fingerprint density at radius 3 is 3.09 bits per heavy atom. The van der Waals surface area contributed by atoms with Crippen molar-refractivity contribution in [2.75, 3.05) is 19.1 Å². The smallest absolute Gasteiger partial charge is 0.323 e. The highest BCUT2D eigenvalue weighted by atomic mass is 79.9. The first kappa shape index (κ1) is 9.00. The van der Waals surface area contributed by atoms with E-state index in [1.807, 2.05) is 0 Å². The molecule has 1 unspecified atom stereocenters. The van der Waals surface area contributed by atoms with Crippen molar-refractivity contribution in [1.82, 2.24) is 4.90 Å². The molecule has 1 saturated heterocycles. The van der Waals surface area contributed by atoms with Gasteiger partial charge in [-0.05, 0) is 19.4 Å². The molecule has 64 valence electrons. The molecule has 1 atom stereocenters. The van der Waals surface area contributed by atoms with Crippen molar-refractivity contribution in [3.63, 3.8) is 0 Å². The van der Waals surface area contributed by atoms with Crippen LogP contribution in [0.15, 0.2) is 0 Å². The molecule has 0 radical (unpaired) electrons. The van der Waals surface area contributed by atoms with E-state index in [0.29, 0.717) is 0 Å². The van der Waals surface area contributed by atoms with Gasteiger partial charge in [0.2, 0.25) is 0 Å². The maximum absolute atomic E-state index is 11.1. The maximum atomic E-state index is 11.1. The molecule has 0 aliphatic carbocycles. The van der Waals surface area contributed by atoms with Gasteiger partial charge < -0.3 is 4.74 Å². The van der Waals surface area contributed by atoms with Crippen LogP contribution < -0.4 is 0 Å². The Morgan fingerprint density at radius 2 is 2.55 bits per heavy atom. The number of halogens is 1. The quantitative estimate of drug-likeness (QED) is 0.396. The third kappa shape index (κ3) is 1.93. The van der Waals surface area contributed by atoms with Crippen LogP contribution in [0.1, 0.15) is 12.8 Å². The number of alkyl halides is 1. The van der Waals surface area contributed by atoms with Crippen LogP contribution in [-0.2, 0) is 9.53 Å². The van der Waals surface area contributed by atoms with Gasteiger partial charge in [-0.1, -0.05) is 15.9 Å². The molecular weight excluding hydrogens is 210 g/mol. The summed E-state index contributed by atoms with van der Waals surface area (Å²) in [6.07, 6.45) is 2.02. The largest absolute Gasteiger partial charge is 0.468 e. The summed E-state index contributed by atoms with van der Waals surface area (Å²) in [4.78, 5) is 13.2. The molecule has 1 fully saturated rings. The summed E-state index contributed by atoms with van der Waals surface area (Å²) in [5.41, 5.74) is 0.757. The number of likely N-dealkylation sites (tertiary alicyclic amines) is 1. The first-order valence-electron chi connectivity index (χ1n) is 3.67. The Bertz CT molecular complexity index is 151. The van der Waals surface area contributed by atoms with Gasteiger partial charge in [-0.25, -0.2) is 0 Å². The minimum atomic E-state index is -0.109. The van der Waals surface area contributed by atoms with E-state index >= 15 is 0 Å². The summed E-state index contributed by atoms with van der Waals surface area (Å²) in [7, 11) is 1.44. The van der Waals surface area contributed by atoms with Crippen LogP contribution >= 0.6 is 15.9 Å². The molecule has 1 aliphatic rings. The number of carbonyl (C=O) groups is 1. The van der Waals surface area contributed by atoms with Crippen molar-refractivity contribution in [1.29, 1.82) is 0 Å². The van der Waals surface area contributed by atoms with Gasteiger partial charge in [0.05, 0.1) is 12.6 Å². The molecule has 0 saturated carbocycles. The van der Waals surface area contributed by atoms with Crippen LogP contribution in [0.2, 0.25) is 0 Å². The predicted octanol–water partition coefficient (Wildman–Crippen LogP) is 0.976. The van der Waals surface area contributed by atoms with E-state index in [4.69, 9.17) is 0 Å².